The van der Waals surface area contributed by atoms with Crippen LogP contribution in [-0.4, -0.2) is 28.9 Å². The third kappa shape index (κ3) is 2.13. The summed E-state index contributed by atoms with van der Waals surface area (Å²) in [6.45, 7) is 8.82. The number of anilines is 2. The van der Waals surface area contributed by atoms with Crippen molar-refractivity contribution in [2.45, 2.75) is 46.1 Å². The van der Waals surface area contributed by atoms with Gasteiger partial charge in [0, 0.05) is 26.2 Å². The molecule has 0 radical (unpaired) electrons. The normalized spacial score (nSPS) is 19.8. The standard InChI is InChI=1S/C13H24N4/c1-5-7-11-12-13(16(4)15-11)17(6-2)10(3)8-9-14-12/h10,14H,5-9H2,1-4H3. The van der Waals surface area contributed by atoms with Crippen LogP contribution >= 0.6 is 0 Å². The molecule has 1 atom stereocenters. The summed E-state index contributed by atoms with van der Waals surface area (Å²) in [4.78, 5) is 2.46. The summed E-state index contributed by atoms with van der Waals surface area (Å²) in [5.41, 5.74) is 2.48. The number of aryl methyl sites for hydroxylation is 2. The van der Waals surface area contributed by atoms with Gasteiger partial charge in [0.15, 0.2) is 5.82 Å². The van der Waals surface area contributed by atoms with E-state index in [0.29, 0.717) is 6.04 Å². The van der Waals surface area contributed by atoms with E-state index >= 15 is 0 Å². The quantitative estimate of drug-likeness (QED) is 0.875. The van der Waals surface area contributed by atoms with Gasteiger partial charge in [-0.25, -0.2) is 0 Å². The highest BCUT2D eigenvalue weighted by Crippen LogP contribution is 2.33. The van der Waals surface area contributed by atoms with Crippen LogP contribution < -0.4 is 10.2 Å². The van der Waals surface area contributed by atoms with Crippen LogP contribution in [0.2, 0.25) is 0 Å². The molecule has 0 saturated heterocycles. The molecule has 1 aromatic rings. The predicted octanol–water partition coefficient (Wildman–Crippen LogP) is 2.40. The Morgan fingerprint density at radius 1 is 1.41 bits per heavy atom. The van der Waals surface area contributed by atoms with Crippen LogP contribution in [0, 0.1) is 0 Å². The number of nitrogens with one attached hydrogen (secondary N) is 1. The molecule has 1 N–H and O–H groups in total. The number of hydrogen-bond donors (Lipinski definition) is 1. The molecule has 4 nitrogen and oxygen atoms in total. The van der Waals surface area contributed by atoms with Gasteiger partial charge < -0.3 is 10.2 Å². The molecule has 2 rings (SSSR count). The Kier molecular flexibility index (Phi) is 3.60. The van der Waals surface area contributed by atoms with Crippen molar-refractivity contribution in [1.82, 2.24) is 9.78 Å². The van der Waals surface area contributed by atoms with Crippen LogP contribution in [0.25, 0.3) is 0 Å². The molecule has 2 heterocycles. The predicted molar refractivity (Wildman–Crippen MR) is 72.8 cm³/mol. The number of rotatable bonds is 3. The molecule has 0 saturated carbocycles. The summed E-state index contributed by atoms with van der Waals surface area (Å²) in [5.74, 6) is 1.26. The molecule has 0 amide bonds. The van der Waals surface area contributed by atoms with Gasteiger partial charge in [-0.15, -0.1) is 0 Å². The molecular weight excluding hydrogens is 212 g/mol. The van der Waals surface area contributed by atoms with Crippen molar-refractivity contribution in [1.29, 1.82) is 0 Å². The van der Waals surface area contributed by atoms with Gasteiger partial charge in [0.1, 0.15) is 5.69 Å². The Hall–Kier alpha value is -1.19. The molecule has 1 unspecified atom stereocenters. The van der Waals surface area contributed by atoms with Crippen LogP contribution in [-0.2, 0) is 13.5 Å². The van der Waals surface area contributed by atoms with E-state index in [0.717, 1.165) is 25.9 Å². The summed E-state index contributed by atoms with van der Waals surface area (Å²) in [6, 6.07) is 0.582. The first-order valence-electron chi connectivity index (χ1n) is 6.75. The fourth-order valence-corrected chi connectivity index (χ4v) is 2.72. The Bertz CT molecular complexity index is 383. The maximum absolute atomic E-state index is 4.67. The van der Waals surface area contributed by atoms with E-state index in [1.807, 2.05) is 4.68 Å². The summed E-state index contributed by atoms with van der Waals surface area (Å²) in [6.07, 6.45) is 3.39. The van der Waals surface area contributed by atoms with Gasteiger partial charge in [0.2, 0.25) is 0 Å². The van der Waals surface area contributed by atoms with Gasteiger partial charge in [0.05, 0.1) is 5.69 Å². The highest BCUT2D eigenvalue weighted by molar-refractivity contribution is 5.70. The molecule has 0 aliphatic carbocycles. The second kappa shape index (κ2) is 4.98. The molecule has 4 heteroatoms. The summed E-state index contributed by atoms with van der Waals surface area (Å²) < 4.78 is 2.04. The maximum atomic E-state index is 4.67. The van der Waals surface area contributed by atoms with E-state index < -0.39 is 0 Å². The van der Waals surface area contributed by atoms with Crippen molar-refractivity contribution >= 4 is 11.5 Å². The largest absolute Gasteiger partial charge is 0.380 e. The lowest BCUT2D eigenvalue weighted by Crippen LogP contribution is -2.33. The SMILES string of the molecule is CCCc1nn(C)c2c1NCCC(C)N2CC. The Labute approximate surface area is 104 Å². The van der Waals surface area contributed by atoms with Gasteiger partial charge in [-0.3, -0.25) is 4.68 Å². The van der Waals surface area contributed by atoms with E-state index in [-0.39, 0.29) is 0 Å². The molecule has 96 valence electrons. The van der Waals surface area contributed by atoms with Gasteiger partial charge >= 0.3 is 0 Å². The van der Waals surface area contributed by atoms with Crippen LogP contribution in [0.3, 0.4) is 0 Å². The lowest BCUT2D eigenvalue weighted by Gasteiger charge is -2.28. The summed E-state index contributed by atoms with van der Waals surface area (Å²) in [7, 11) is 2.06. The van der Waals surface area contributed by atoms with Gasteiger partial charge in [-0.2, -0.15) is 5.10 Å². The zero-order valence-electron chi connectivity index (χ0n) is 11.5. The van der Waals surface area contributed by atoms with Crippen LogP contribution in [0.5, 0.6) is 0 Å². The van der Waals surface area contributed by atoms with Crippen LogP contribution in [0.15, 0.2) is 0 Å². The molecular formula is C13H24N4. The molecule has 0 bridgehead atoms. The molecule has 0 spiro atoms. The van der Waals surface area contributed by atoms with Crippen molar-refractivity contribution in [3.8, 4) is 0 Å². The minimum Gasteiger partial charge on any atom is -0.380 e. The van der Waals surface area contributed by atoms with Crippen molar-refractivity contribution in [2.75, 3.05) is 23.3 Å². The fourth-order valence-electron chi connectivity index (χ4n) is 2.72. The van der Waals surface area contributed by atoms with E-state index in [1.165, 1.54) is 23.6 Å². The first kappa shape index (κ1) is 12.3. The van der Waals surface area contributed by atoms with Crippen molar-refractivity contribution in [3.63, 3.8) is 0 Å². The van der Waals surface area contributed by atoms with Crippen molar-refractivity contribution < 1.29 is 0 Å². The molecule has 1 aromatic heterocycles. The number of hydrogen-bond acceptors (Lipinski definition) is 3. The lowest BCUT2D eigenvalue weighted by molar-refractivity contribution is 0.597. The Morgan fingerprint density at radius 2 is 2.18 bits per heavy atom. The minimum absolute atomic E-state index is 0.582. The third-order valence-electron chi connectivity index (χ3n) is 3.58. The Balaban J connectivity index is 2.44. The first-order valence-corrected chi connectivity index (χ1v) is 6.75. The highest BCUT2D eigenvalue weighted by Gasteiger charge is 2.25. The average molecular weight is 236 g/mol. The second-order valence-corrected chi connectivity index (χ2v) is 4.87. The monoisotopic (exact) mass is 236 g/mol. The molecule has 0 fully saturated rings. The molecule has 1 aliphatic rings. The molecule has 17 heavy (non-hydrogen) atoms. The van der Waals surface area contributed by atoms with Crippen LogP contribution in [0.1, 0.15) is 39.3 Å². The zero-order chi connectivity index (χ0) is 12.4. The number of aromatic nitrogens is 2. The molecule has 0 aromatic carbocycles. The van der Waals surface area contributed by atoms with Crippen molar-refractivity contribution in [2.24, 2.45) is 7.05 Å². The van der Waals surface area contributed by atoms with Gasteiger partial charge in [-0.05, 0) is 26.7 Å². The average Bonchev–Trinajstić information content (AvgIpc) is 2.50. The van der Waals surface area contributed by atoms with E-state index in [1.54, 1.807) is 0 Å². The number of nitrogens with zero attached hydrogens (tertiary/aromatic N) is 3. The second-order valence-electron chi connectivity index (χ2n) is 4.87. The van der Waals surface area contributed by atoms with E-state index in [9.17, 15) is 0 Å². The minimum atomic E-state index is 0.582. The highest BCUT2D eigenvalue weighted by atomic mass is 15.4. The molecule has 1 aliphatic heterocycles. The zero-order valence-corrected chi connectivity index (χ0v) is 11.5. The topological polar surface area (TPSA) is 33.1 Å². The number of fused-ring (bicyclic) bond motifs is 1. The van der Waals surface area contributed by atoms with Crippen LogP contribution in [0.4, 0.5) is 11.5 Å². The lowest BCUT2D eigenvalue weighted by atomic mass is 10.2. The summed E-state index contributed by atoms with van der Waals surface area (Å²) >= 11 is 0. The van der Waals surface area contributed by atoms with Crippen molar-refractivity contribution in [3.05, 3.63) is 5.69 Å². The first-order chi connectivity index (χ1) is 8.19. The van der Waals surface area contributed by atoms with Gasteiger partial charge in [0.25, 0.3) is 0 Å². The van der Waals surface area contributed by atoms with E-state index in [4.69, 9.17) is 0 Å². The Morgan fingerprint density at radius 3 is 2.82 bits per heavy atom. The third-order valence-corrected chi connectivity index (χ3v) is 3.58. The van der Waals surface area contributed by atoms with E-state index in [2.05, 4.69) is 43.1 Å². The summed E-state index contributed by atoms with van der Waals surface area (Å²) in [5, 5.41) is 8.24. The smallest absolute Gasteiger partial charge is 0.150 e. The maximum Gasteiger partial charge on any atom is 0.150 e. The fraction of sp³-hybridized carbons (Fsp3) is 0.769. The van der Waals surface area contributed by atoms with Gasteiger partial charge in [-0.1, -0.05) is 13.3 Å².